The van der Waals surface area contributed by atoms with Gasteiger partial charge in [0, 0.05) is 37.1 Å². The van der Waals surface area contributed by atoms with Crippen molar-refractivity contribution in [3.8, 4) is 5.75 Å². The van der Waals surface area contributed by atoms with Crippen molar-refractivity contribution in [2.24, 2.45) is 11.8 Å². The molecule has 7 heteroatoms. The molecule has 2 fully saturated rings. The molecule has 29 heavy (non-hydrogen) atoms. The number of likely N-dealkylation sites (tertiary alicyclic amines) is 1. The van der Waals surface area contributed by atoms with Gasteiger partial charge in [-0.05, 0) is 67.9 Å². The highest BCUT2D eigenvalue weighted by atomic mass is 32.1. The van der Waals surface area contributed by atoms with Crippen LogP contribution in [-0.4, -0.2) is 54.3 Å². The molecular weight excluding hydrogens is 394 g/mol. The number of fused-ring (bicyclic) bond motifs is 1. The Balaban J connectivity index is 1.34. The number of aliphatic hydroxyl groups is 1. The number of thiophene rings is 1. The lowest BCUT2D eigenvalue weighted by Gasteiger charge is -2.35. The number of hydrogen-bond acceptors (Lipinski definition) is 5. The molecule has 1 saturated carbocycles. The lowest BCUT2D eigenvalue weighted by Crippen LogP contribution is -2.42. The van der Waals surface area contributed by atoms with Crippen LogP contribution in [0.15, 0.2) is 29.6 Å². The molecule has 1 saturated heterocycles. The number of rotatable bonds is 6. The van der Waals surface area contributed by atoms with Crippen molar-refractivity contribution >= 4 is 11.3 Å². The molecule has 0 spiro atoms. The Hall–Kier alpha value is -1.54. The second-order valence-electron chi connectivity index (χ2n) is 8.64. The second kappa shape index (κ2) is 8.68. The van der Waals surface area contributed by atoms with E-state index in [1.54, 1.807) is 0 Å². The summed E-state index contributed by atoms with van der Waals surface area (Å²) in [5.41, 5.74) is 1.35. The van der Waals surface area contributed by atoms with E-state index < -0.39 is 17.7 Å². The average molecular weight is 423 g/mol. The van der Waals surface area contributed by atoms with Gasteiger partial charge in [-0.1, -0.05) is 0 Å². The summed E-state index contributed by atoms with van der Waals surface area (Å²) in [7, 11) is 4.15. The summed E-state index contributed by atoms with van der Waals surface area (Å²) in [6.45, 7) is 3.86. The summed E-state index contributed by atoms with van der Waals surface area (Å²) in [5.74, 6) is -0.642. The molecule has 1 N–H and O–H groups in total. The molecule has 4 rings (SSSR count). The lowest BCUT2D eigenvalue weighted by molar-refractivity contribution is -0.0233. The van der Waals surface area contributed by atoms with Gasteiger partial charge in [0.1, 0.15) is 11.9 Å². The van der Waals surface area contributed by atoms with Gasteiger partial charge in [0.2, 0.25) is 0 Å². The van der Waals surface area contributed by atoms with Gasteiger partial charge in [-0.2, -0.15) is 0 Å². The Labute approximate surface area is 174 Å². The highest BCUT2D eigenvalue weighted by molar-refractivity contribution is 7.10. The van der Waals surface area contributed by atoms with E-state index in [4.69, 9.17) is 4.74 Å². The molecule has 0 bridgehead atoms. The Morgan fingerprint density at radius 3 is 2.62 bits per heavy atom. The fraction of sp³-hybridized carbons (Fsp3) is 0.545. The molecule has 2 heterocycles. The molecule has 158 valence electrons. The maximum Gasteiger partial charge on any atom is 0.162 e. The number of ether oxygens (including phenoxy) is 1. The molecule has 0 amide bonds. The molecule has 4 atom stereocenters. The van der Waals surface area contributed by atoms with Gasteiger partial charge in [-0.3, -0.25) is 4.90 Å². The van der Waals surface area contributed by atoms with Crippen LogP contribution in [0.1, 0.15) is 23.3 Å². The van der Waals surface area contributed by atoms with Crippen LogP contribution >= 0.6 is 11.3 Å². The van der Waals surface area contributed by atoms with Crippen LogP contribution in [0.4, 0.5) is 8.78 Å². The van der Waals surface area contributed by atoms with Gasteiger partial charge in [0.25, 0.3) is 0 Å². The van der Waals surface area contributed by atoms with Crippen LogP contribution in [0.25, 0.3) is 0 Å². The largest absolute Gasteiger partial charge is 0.488 e. The van der Waals surface area contributed by atoms with E-state index in [1.165, 1.54) is 16.5 Å². The van der Waals surface area contributed by atoms with E-state index >= 15 is 0 Å². The first-order chi connectivity index (χ1) is 13.9. The maximum atomic E-state index is 13.4. The van der Waals surface area contributed by atoms with Crippen LogP contribution in [-0.2, 0) is 13.1 Å². The second-order valence-corrected chi connectivity index (χ2v) is 9.64. The normalized spacial score (nSPS) is 27.4. The minimum Gasteiger partial charge on any atom is -0.488 e. The van der Waals surface area contributed by atoms with Crippen LogP contribution in [0.5, 0.6) is 5.75 Å². The van der Waals surface area contributed by atoms with E-state index in [0.717, 1.165) is 44.7 Å². The lowest BCUT2D eigenvalue weighted by atomic mass is 9.78. The van der Waals surface area contributed by atoms with Crippen LogP contribution in [0, 0.1) is 23.5 Å². The van der Waals surface area contributed by atoms with Crippen molar-refractivity contribution in [2.75, 3.05) is 27.2 Å². The minimum absolute atomic E-state index is 0.272. The van der Waals surface area contributed by atoms with Crippen LogP contribution in [0.3, 0.4) is 0 Å². The minimum atomic E-state index is -0.928. The summed E-state index contributed by atoms with van der Waals surface area (Å²) in [5, 5.41) is 12.8. The number of halogens is 2. The van der Waals surface area contributed by atoms with Crippen LogP contribution < -0.4 is 4.74 Å². The topological polar surface area (TPSA) is 35.9 Å². The standard InChI is InChI=1S/C22H28F2N2O2S/c1-25(2)9-14-5-18(29-13-14)12-26-10-15-6-21(27)22(7-16(15)11-26)28-17-3-4-19(23)20(24)8-17/h3-5,8,13,15-16,21-22,27H,6-7,9-12H2,1-2H3/t15-,16+,21+,22+/m0/s1. The first-order valence-electron chi connectivity index (χ1n) is 10.1. The Bertz CT molecular complexity index is 844. The zero-order valence-electron chi connectivity index (χ0n) is 16.9. The quantitative estimate of drug-likeness (QED) is 0.770. The van der Waals surface area contributed by atoms with Gasteiger partial charge in [-0.25, -0.2) is 8.78 Å². The number of hydrogen-bond donors (Lipinski definition) is 1. The van der Waals surface area contributed by atoms with Gasteiger partial charge in [0.15, 0.2) is 11.6 Å². The molecular formula is C22H28F2N2O2S. The van der Waals surface area contributed by atoms with E-state index in [1.807, 2.05) is 11.3 Å². The number of aliphatic hydroxyl groups excluding tert-OH is 1. The summed E-state index contributed by atoms with van der Waals surface area (Å²) >= 11 is 1.81. The predicted octanol–water partition coefficient (Wildman–Crippen LogP) is 3.74. The molecule has 0 radical (unpaired) electrons. The van der Waals surface area contributed by atoms with Gasteiger partial charge < -0.3 is 14.7 Å². The summed E-state index contributed by atoms with van der Waals surface area (Å²) in [6.07, 6.45) is 0.455. The van der Waals surface area contributed by atoms with Gasteiger partial charge in [-0.15, -0.1) is 11.3 Å². The molecule has 1 aliphatic carbocycles. The van der Waals surface area contributed by atoms with Crippen molar-refractivity contribution in [2.45, 2.75) is 38.1 Å². The zero-order valence-corrected chi connectivity index (χ0v) is 17.7. The highest BCUT2D eigenvalue weighted by Gasteiger charge is 2.42. The van der Waals surface area contributed by atoms with Crippen molar-refractivity contribution in [3.05, 3.63) is 51.7 Å². The number of nitrogens with zero attached hydrogens (tertiary/aromatic N) is 2. The van der Waals surface area contributed by atoms with Crippen molar-refractivity contribution in [3.63, 3.8) is 0 Å². The van der Waals surface area contributed by atoms with Gasteiger partial charge >= 0.3 is 0 Å². The third kappa shape index (κ3) is 4.97. The third-order valence-electron chi connectivity index (χ3n) is 5.93. The Morgan fingerprint density at radius 1 is 1.14 bits per heavy atom. The maximum absolute atomic E-state index is 13.4. The Kier molecular flexibility index (Phi) is 6.20. The fourth-order valence-corrected chi connectivity index (χ4v) is 5.57. The van der Waals surface area contributed by atoms with E-state index in [9.17, 15) is 13.9 Å². The molecule has 4 nitrogen and oxygen atoms in total. The number of benzene rings is 1. The molecule has 2 aliphatic rings. The first kappa shape index (κ1) is 20.7. The molecule has 2 aromatic rings. The van der Waals surface area contributed by atoms with Gasteiger partial charge in [0.05, 0.1) is 6.10 Å². The zero-order chi connectivity index (χ0) is 20.5. The summed E-state index contributed by atoms with van der Waals surface area (Å²) < 4.78 is 32.4. The van der Waals surface area contributed by atoms with E-state index in [-0.39, 0.29) is 11.9 Å². The van der Waals surface area contributed by atoms with Crippen molar-refractivity contribution < 1.29 is 18.6 Å². The molecule has 1 aromatic heterocycles. The van der Waals surface area contributed by atoms with E-state index in [0.29, 0.717) is 18.3 Å². The average Bonchev–Trinajstić information content (AvgIpc) is 3.24. The predicted molar refractivity (Wildman–Crippen MR) is 110 cm³/mol. The molecule has 1 aromatic carbocycles. The monoisotopic (exact) mass is 422 g/mol. The smallest absolute Gasteiger partial charge is 0.162 e. The summed E-state index contributed by atoms with van der Waals surface area (Å²) in [4.78, 5) is 6.01. The highest BCUT2D eigenvalue weighted by Crippen LogP contribution is 2.39. The van der Waals surface area contributed by atoms with Crippen molar-refractivity contribution in [1.82, 2.24) is 9.80 Å². The molecule has 1 aliphatic heterocycles. The summed E-state index contributed by atoms with van der Waals surface area (Å²) in [6, 6.07) is 5.82. The SMILES string of the molecule is CN(C)Cc1csc(CN2C[C@H]3C[C@@H](Oc4ccc(F)c(F)c4)[C@H](O)C[C@H]3C2)c1. The Morgan fingerprint density at radius 2 is 1.90 bits per heavy atom. The fourth-order valence-electron chi connectivity index (χ4n) is 4.65. The third-order valence-corrected chi connectivity index (χ3v) is 6.90. The van der Waals surface area contributed by atoms with Crippen LogP contribution in [0.2, 0.25) is 0 Å². The van der Waals surface area contributed by atoms with E-state index in [2.05, 4.69) is 35.3 Å². The van der Waals surface area contributed by atoms with Crippen molar-refractivity contribution in [1.29, 1.82) is 0 Å². The molecule has 0 unspecified atom stereocenters. The first-order valence-corrected chi connectivity index (χ1v) is 11.0.